The molecule has 3 aliphatic rings. The quantitative estimate of drug-likeness (QED) is 0.591. The van der Waals surface area contributed by atoms with Gasteiger partial charge in [0.1, 0.15) is 0 Å². The predicted octanol–water partition coefficient (Wildman–Crippen LogP) is 2.62. The normalized spacial score (nSPS) is 51.6. The average Bonchev–Trinajstić information content (AvgIpc) is 2.72. The summed E-state index contributed by atoms with van der Waals surface area (Å²) in [4.78, 5) is 0. The van der Waals surface area contributed by atoms with Crippen molar-refractivity contribution in [2.24, 2.45) is 23.7 Å². The van der Waals surface area contributed by atoms with Gasteiger partial charge in [-0.3, -0.25) is 0 Å². The van der Waals surface area contributed by atoms with Gasteiger partial charge in [-0.05, 0) is 49.9 Å². The first-order chi connectivity index (χ1) is 6.40. The van der Waals surface area contributed by atoms with Crippen LogP contribution in [-0.2, 0) is 4.74 Å². The molecule has 0 saturated heterocycles. The van der Waals surface area contributed by atoms with Crippen molar-refractivity contribution in [3.63, 3.8) is 0 Å². The molecular weight excluding hydrogens is 160 g/mol. The molecule has 2 bridgehead atoms. The fourth-order valence-corrected chi connectivity index (χ4v) is 3.89. The third kappa shape index (κ3) is 1.03. The van der Waals surface area contributed by atoms with E-state index in [0.717, 1.165) is 30.3 Å². The van der Waals surface area contributed by atoms with Gasteiger partial charge in [-0.15, -0.1) is 0 Å². The van der Waals surface area contributed by atoms with Crippen molar-refractivity contribution >= 4 is 0 Å². The lowest BCUT2D eigenvalue weighted by Gasteiger charge is -2.30. The Morgan fingerprint density at radius 3 is 3.08 bits per heavy atom. The number of ether oxygens (including phenoxy) is 1. The van der Waals surface area contributed by atoms with Crippen molar-refractivity contribution in [3.8, 4) is 0 Å². The van der Waals surface area contributed by atoms with Crippen LogP contribution in [0.15, 0.2) is 12.2 Å². The van der Waals surface area contributed by atoms with Gasteiger partial charge in [0.15, 0.2) is 0 Å². The summed E-state index contributed by atoms with van der Waals surface area (Å²) in [6.45, 7) is 3.02. The van der Waals surface area contributed by atoms with E-state index in [1.165, 1.54) is 19.3 Å². The van der Waals surface area contributed by atoms with Crippen molar-refractivity contribution in [2.45, 2.75) is 32.3 Å². The molecule has 13 heavy (non-hydrogen) atoms. The van der Waals surface area contributed by atoms with Crippen molar-refractivity contribution < 1.29 is 4.74 Å². The molecule has 1 nitrogen and oxygen atoms in total. The van der Waals surface area contributed by atoms with Gasteiger partial charge < -0.3 is 4.74 Å². The zero-order chi connectivity index (χ0) is 8.84. The topological polar surface area (TPSA) is 9.23 Å². The van der Waals surface area contributed by atoms with E-state index in [9.17, 15) is 0 Å². The first-order valence-electron chi connectivity index (χ1n) is 5.68. The zero-order valence-corrected chi connectivity index (χ0v) is 8.28. The van der Waals surface area contributed by atoms with E-state index in [-0.39, 0.29) is 0 Å². The van der Waals surface area contributed by atoms with Gasteiger partial charge in [-0.1, -0.05) is 12.2 Å². The Morgan fingerprint density at radius 2 is 2.23 bits per heavy atom. The monoisotopic (exact) mass is 178 g/mol. The number of hydrogen-bond donors (Lipinski definition) is 0. The minimum absolute atomic E-state index is 0.596. The molecule has 2 saturated carbocycles. The number of hydrogen-bond acceptors (Lipinski definition) is 1. The summed E-state index contributed by atoms with van der Waals surface area (Å²) in [6, 6.07) is 0. The van der Waals surface area contributed by atoms with Crippen LogP contribution in [-0.4, -0.2) is 12.7 Å². The molecule has 0 heterocycles. The van der Waals surface area contributed by atoms with E-state index in [2.05, 4.69) is 19.1 Å². The molecule has 72 valence electrons. The van der Waals surface area contributed by atoms with Crippen LogP contribution in [0.2, 0.25) is 0 Å². The summed E-state index contributed by atoms with van der Waals surface area (Å²) in [5.41, 5.74) is 0. The van der Waals surface area contributed by atoms with Gasteiger partial charge in [0.25, 0.3) is 0 Å². The maximum Gasteiger partial charge on any atom is 0.0611 e. The molecule has 0 N–H and O–H groups in total. The van der Waals surface area contributed by atoms with Gasteiger partial charge in [-0.25, -0.2) is 0 Å². The van der Waals surface area contributed by atoms with Crippen LogP contribution < -0.4 is 0 Å². The largest absolute Gasteiger partial charge is 0.378 e. The first-order valence-corrected chi connectivity index (χ1v) is 5.68. The smallest absolute Gasteiger partial charge is 0.0611 e. The standard InChI is InChI=1S/C12H18O/c1-2-13-12-7-8-6-11(12)10-5-3-4-9(8)10/h3,5,8-12H,2,4,6-7H2,1H3/t8-,9-,10-,11-,12?/m1/s1. The third-order valence-corrected chi connectivity index (χ3v) is 4.33. The third-order valence-electron chi connectivity index (χ3n) is 4.33. The van der Waals surface area contributed by atoms with Crippen LogP contribution >= 0.6 is 0 Å². The first kappa shape index (κ1) is 8.05. The molecule has 0 aromatic rings. The van der Waals surface area contributed by atoms with E-state index >= 15 is 0 Å². The van der Waals surface area contributed by atoms with Gasteiger partial charge in [0, 0.05) is 6.61 Å². The fraction of sp³-hybridized carbons (Fsp3) is 0.833. The molecule has 0 spiro atoms. The highest BCUT2D eigenvalue weighted by molar-refractivity contribution is 5.14. The molecule has 0 amide bonds. The van der Waals surface area contributed by atoms with Crippen LogP contribution in [0.4, 0.5) is 0 Å². The number of fused-ring (bicyclic) bond motifs is 5. The summed E-state index contributed by atoms with van der Waals surface area (Å²) in [5.74, 6) is 3.74. The van der Waals surface area contributed by atoms with Crippen LogP contribution in [0.3, 0.4) is 0 Å². The Bertz CT molecular complexity index is 233. The van der Waals surface area contributed by atoms with Gasteiger partial charge in [-0.2, -0.15) is 0 Å². The van der Waals surface area contributed by atoms with Crippen molar-refractivity contribution in [2.75, 3.05) is 6.61 Å². The van der Waals surface area contributed by atoms with E-state index < -0.39 is 0 Å². The molecule has 2 fully saturated rings. The molecule has 3 rings (SSSR count). The minimum Gasteiger partial charge on any atom is -0.378 e. The van der Waals surface area contributed by atoms with Crippen molar-refractivity contribution in [1.29, 1.82) is 0 Å². The lowest BCUT2D eigenvalue weighted by Crippen LogP contribution is -2.30. The minimum atomic E-state index is 0.596. The van der Waals surface area contributed by atoms with Crippen molar-refractivity contribution in [3.05, 3.63) is 12.2 Å². The van der Waals surface area contributed by atoms with Crippen LogP contribution in [0, 0.1) is 23.7 Å². The summed E-state index contributed by atoms with van der Waals surface area (Å²) in [5, 5.41) is 0. The highest BCUT2D eigenvalue weighted by atomic mass is 16.5. The summed E-state index contributed by atoms with van der Waals surface area (Å²) >= 11 is 0. The predicted molar refractivity (Wildman–Crippen MR) is 52.4 cm³/mol. The molecule has 3 aliphatic carbocycles. The number of allylic oxidation sites excluding steroid dienone is 2. The lowest BCUT2D eigenvalue weighted by molar-refractivity contribution is 0.00243. The van der Waals surface area contributed by atoms with Crippen LogP contribution in [0.1, 0.15) is 26.2 Å². The molecule has 0 aromatic carbocycles. The van der Waals surface area contributed by atoms with Crippen molar-refractivity contribution in [1.82, 2.24) is 0 Å². The van der Waals surface area contributed by atoms with E-state index in [4.69, 9.17) is 4.74 Å². The maximum absolute atomic E-state index is 5.81. The molecular formula is C12H18O. The second-order valence-corrected chi connectivity index (χ2v) is 4.79. The summed E-state index contributed by atoms with van der Waals surface area (Å²) in [6.07, 6.45) is 9.60. The Morgan fingerprint density at radius 1 is 1.31 bits per heavy atom. The van der Waals surface area contributed by atoms with E-state index in [0.29, 0.717) is 6.10 Å². The Labute approximate surface area is 80.2 Å². The molecule has 0 aliphatic heterocycles. The average molecular weight is 178 g/mol. The molecule has 1 unspecified atom stereocenters. The molecule has 5 atom stereocenters. The van der Waals surface area contributed by atoms with Gasteiger partial charge in [0.05, 0.1) is 6.10 Å². The second kappa shape index (κ2) is 2.84. The fourth-order valence-electron chi connectivity index (χ4n) is 3.89. The summed E-state index contributed by atoms with van der Waals surface area (Å²) in [7, 11) is 0. The Balaban J connectivity index is 1.77. The SMILES string of the molecule is CCOC1C[C@H]2C[C@@H]1[C@@H]1C=CC[C@H]21. The molecule has 0 radical (unpaired) electrons. The molecule has 0 aromatic heterocycles. The van der Waals surface area contributed by atoms with Crippen LogP contribution in [0.5, 0.6) is 0 Å². The maximum atomic E-state index is 5.81. The Kier molecular flexibility index (Phi) is 1.76. The highest BCUT2D eigenvalue weighted by Gasteiger charge is 2.52. The Hall–Kier alpha value is -0.300. The highest BCUT2D eigenvalue weighted by Crippen LogP contribution is 2.57. The molecule has 1 heteroatoms. The van der Waals surface area contributed by atoms with Gasteiger partial charge >= 0.3 is 0 Å². The summed E-state index contributed by atoms with van der Waals surface area (Å²) < 4.78 is 5.81. The van der Waals surface area contributed by atoms with E-state index in [1.807, 2.05) is 0 Å². The lowest BCUT2D eigenvalue weighted by atomic mass is 9.80. The zero-order valence-electron chi connectivity index (χ0n) is 8.28. The van der Waals surface area contributed by atoms with Crippen LogP contribution in [0.25, 0.3) is 0 Å². The van der Waals surface area contributed by atoms with E-state index in [1.54, 1.807) is 0 Å². The second-order valence-electron chi connectivity index (χ2n) is 4.79. The number of rotatable bonds is 2. The van der Waals surface area contributed by atoms with Gasteiger partial charge in [0.2, 0.25) is 0 Å².